The molecule has 1 fully saturated rings. The first-order valence-electron chi connectivity index (χ1n) is 6.54. The van der Waals surface area contributed by atoms with E-state index in [0.717, 1.165) is 19.3 Å². The van der Waals surface area contributed by atoms with Crippen LogP contribution in [0.2, 0.25) is 0 Å². The molecule has 0 spiro atoms. The second kappa shape index (κ2) is 6.41. The van der Waals surface area contributed by atoms with Gasteiger partial charge in [0.25, 0.3) is 0 Å². The lowest BCUT2D eigenvalue weighted by molar-refractivity contribution is -0.299. The van der Waals surface area contributed by atoms with Crippen molar-refractivity contribution < 1.29 is 9.47 Å². The Balaban J connectivity index is 2.41. The van der Waals surface area contributed by atoms with Crippen molar-refractivity contribution in [3.8, 4) is 0 Å². The topological polar surface area (TPSA) is 18.5 Å². The van der Waals surface area contributed by atoms with Crippen LogP contribution >= 0.6 is 0 Å². The molecule has 0 N–H and O–H groups in total. The smallest absolute Gasteiger partial charge is 0.163 e. The van der Waals surface area contributed by atoms with Gasteiger partial charge in [-0.2, -0.15) is 0 Å². The Hall–Kier alpha value is -0.340. The van der Waals surface area contributed by atoms with Crippen molar-refractivity contribution in [2.24, 2.45) is 0 Å². The molecule has 16 heavy (non-hydrogen) atoms. The first-order valence-corrected chi connectivity index (χ1v) is 6.54. The summed E-state index contributed by atoms with van der Waals surface area (Å²) in [5.74, 6) is -0.428. The van der Waals surface area contributed by atoms with Crippen molar-refractivity contribution in [2.75, 3.05) is 0 Å². The molecule has 0 aromatic heterocycles. The van der Waals surface area contributed by atoms with Crippen LogP contribution in [0.1, 0.15) is 59.3 Å². The largest absolute Gasteiger partial charge is 0.347 e. The second-order valence-corrected chi connectivity index (χ2v) is 5.14. The van der Waals surface area contributed by atoms with Gasteiger partial charge in [-0.25, -0.2) is 0 Å². The lowest BCUT2D eigenvalue weighted by atomic mass is 10.0. The molecule has 0 bridgehead atoms. The summed E-state index contributed by atoms with van der Waals surface area (Å²) < 4.78 is 11.8. The van der Waals surface area contributed by atoms with E-state index in [0.29, 0.717) is 6.10 Å². The summed E-state index contributed by atoms with van der Waals surface area (Å²) >= 11 is 0. The van der Waals surface area contributed by atoms with Gasteiger partial charge in [0.15, 0.2) is 5.79 Å². The van der Waals surface area contributed by atoms with Crippen molar-refractivity contribution in [2.45, 2.75) is 77.3 Å². The molecule has 0 aromatic rings. The maximum absolute atomic E-state index is 5.94. The van der Waals surface area contributed by atoms with Gasteiger partial charge in [-0.1, -0.05) is 32.3 Å². The predicted molar refractivity (Wildman–Crippen MR) is 67.4 cm³/mol. The predicted octanol–water partition coefficient (Wildman–Crippen LogP) is 4.05. The fourth-order valence-corrected chi connectivity index (χ4v) is 2.35. The normalized spacial score (nSPS) is 28.9. The van der Waals surface area contributed by atoms with Crippen molar-refractivity contribution in [1.82, 2.24) is 0 Å². The molecule has 0 aromatic carbocycles. The van der Waals surface area contributed by atoms with Gasteiger partial charge in [-0.05, 0) is 26.7 Å². The van der Waals surface area contributed by atoms with Crippen molar-refractivity contribution >= 4 is 0 Å². The third-order valence-corrected chi connectivity index (χ3v) is 2.99. The molecule has 2 nitrogen and oxygen atoms in total. The minimum atomic E-state index is -0.428. The monoisotopic (exact) mass is 226 g/mol. The van der Waals surface area contributed by atoms with Crippen LogP contribution in [0.4, 0.5) is 0 Å². The Morgan fingerprint density at radius 3 is 2.56 bits per heavy atom. The zero-order chi connectivity index (χ0) is 12.0. The lowest BCUT2D eigenvalue weighted by Crippen LogP contribution is -2.44. The van der Waals surface area contributed by atoms with Crippen molar-refractivity contribution in [1.29, 1.82) is 0 Å². The molecule has 2 atom stereocenters. The molecule has 2 heteroatoms. The van der Waals surface area contributed by atoms with Gasteiger partial charge in [0.2, 0.25) is 0 Å². The van der Waals surface area contributed by atoms with E-state index < -0.39 is 5.79 Å². The van der Waals surface area contributed by atoms with Gasteiger partial charge in [-0.15, -0.1) is 6.58 Å². The molecule has 0 aliphatic carbocycles. The van der Waals surface area contributed by atoms with Crippen LogP contribution in [0.3, 0.4) is 0 Å². The highest BCUT2D eigenvalue weighted by molar-refractivity contribution is 4.81. The van der Waals surface area contributed by atoms with E-state index in [2.05, 4.69) is 13.5 Å². The Bertz CT molecular complexity index is 211. The quantitative estimate of drug-likeness (QED) is 0.502. The fourth-order valence-electron chi connectivity index (χ4n) is 2.35. The molecule has 1 aliphatic rings. The average Bonchev–Trinajstić information content (AvgIpc) is 2.16. The van der Waals surface area contributed by atoms with Crippen LogP contribution in [0.15, 0.2) is 12.7 Å². The third kappa shape index (κ3) is 4.67. The number of hydrogen-bond donors (Lipinski definition) is 0. The highest BCUT2D eigenvalue weighted by Crippen LogP contribution is 2.30. The molecule has 0 saturated carbocycles. The summed E-state index contributed by atoms with van der Waals surface area (Å²) in [6.07, 6.45) is 9.52. The molecule has 1 heterocycles. The zero-order valence-electron chi connectivity index (χ0n) is 11.0. The molecule has 0 amide bonds. The van der Waals surface area contributed by atoms with Crippen molar-refractivity contribution in [3.05, 3.63) is 12.7 Å². The summed E-state index contributed by atoms with van der Waals surface area (Å²) in [4.78, 5) is 0. The zero-order valence-corrected chi connectivity index (χ0v) is 11.0. The maximum Gasteiger partial charge on any atom is 0.163 e. The van der Waals surface area contributed by atoms with Crippen LogP contribution in [0.5, 0.6) is 0 Å². The minimum absolute atomic E-state index is 0.285. The van der Waals surface area contributed by atoms with Crippen LogP contribution in [0.25, 0.3) is 0 Å². The van der Waals surface area contributed by atoms with Crippen LogP contribution in [0, 0.1) is 0 Å². The van der Waals surface area contributed by atoms with Gasteiger partial charge in [0, 0.05) is 6.42 Å². The Kier molecular flexibility index (Phi) is 5.50. The SMILES string of the molecule is C=CC[C@H]1C[C@@H](CCCCC)OC(C)(C)O1. The molecule has 1 aliphatic heterocycles. The van der Waals surface area contributed by atoms with Crippen LogP contribution in [-0.4, -0.2) is 18.0 Å². The summed E-state index contributed by atoms with van der Waals surface area (Å²) in [6, 6.07) is 0. The number of unbranched alkanes of at least 4 members (excludes halogenated alkanes) is 2. The van der Waals surface area contributed by atoms with E-state index in [4.69, 9.17) is 9.47 Å². The first kappa shape index (κ1) is 13.7. The van der Waals surface area contributed by atoms with Gasteiger partial charge in [0.05, 0.1) is 12.2 Å². The standard InChI is InChI=1S/C14H26O2/c1-5-7-8-10-13-11-12(9-6-2)15-14(3,4)16-13/h6,12-13H,2,5,7-11H2,1,3-4H3/t12-,13+/m0/s1. The van der Waals surface area contributed by atoms with E-state index in [1.165, 1.54) is 19.3 Å². The molecular formula is C14H26O2. The number of rotatable bonds is 6. The summed E-state index contributed by atoms with van der Waals surface area (Å²) in [7, 11) is 0. The van der Waals surface area contributed by atoms with Gasteiger partial charge >= 0.3 is 0 Å². The molecule has 0 unspecified atom stereocenters. The Labute approximate surface area is 100 Å². The summed E-state index contributed by atoms with van der Waals surface area (Å²) in [6.45, 7) is 10.0. The van der Waals surface area contributed by atoms with E-state index in [-0.39, 0.29) is 6.10 Å². The van der Waals surface area contributed by atoms with E-state index >= 15 is 0 Å². The average molecular weight is 226 g/mol. The molecular weight excluding hydrogens is 200 g/mol. The molecule has 1 rings (SSSR count). The highest BCUT2D eigenvalue weighted by Gasteiger charge is 2.34. The van der Waals surface area contributed by atoms with Crippen LogP contribution < -0.4 is 0 Å². The third-order valence-electron chi connectivity index (χ3n) is 2.99. The van der Waals surface area contributed by atoms with Gasteiger partial charge < -0.3 is 9.47 Å². The lowest BCUT2D eigenvalue weighted by Gasteiger charge is -2.40. The highest BCUT2D eigenvalue weighted by atomic mass is 16.7. The van der Waals surface area contributed by atoms with E-state index in [1.54, 1.807) is 0 Å². The fraction of sp³-hybridized carbons (Fsp3) is 0.857. The number of hydrogen-bond acceptors (Lipinski definition) is 2. The molecule has 1 saturated heterocycles. The Morgan fingerprint density at radius 2 is 1.94 bits per heavy atom. The van der Waals surface area contributed by atoms with Crippen molar-refractivity contribution in [3.63, 3.8) is 0 Å². The first-order chi connectivity index (χ1) is 7.57. The van der Waals surface area contributed by atoms with Gasteiger partial charge in [-0.3, -0.25) is 0 Å². The summed E-state index contributed by atoms with van der Waals surface area (Å²) in [5.41, 5.74) is 0. The second-order valence-electron chi connectivity index (χ2n) is 5.14. The molecule has 0 radical (unpaired) electrons. The molecule has 94 valence electrons. The minimum Gasteiger partial charge on any atom is -0.347 e. The van der Waals surface area contributed by atoms with Crippen LogP contribution in [-0.2, 0) is 9.47 Å². The Morgan fingerprint density at radius 1 is 1.25 bits per heavy atom. The summed E-state index contributed by atoms with van der Waals surface area (Å²) in [5, 5.41) is 0. The van der Waals surface area contributed by atoms with Gasteiger partial charge in [0.1, 0.15) is 0 Å². The van der Waals surface area contributed by atoms with E-state index in [9.17, 15) is 0 Å². The van der Waals surface area contributed by atoms with E-state index in [1.807, 2.05) is 19.9 Å². The maximum atomic E-state index is 5.94. The number of ether oxygens (including phenoxy) is 2.